The number of anilines is 1. The maximum atomic E-state index is 4.59. The monoisotopic (exact) mass is 313 g/mol. The Kier molecular flexibility index (Phi) is 7.28. The van der Waals surface area contributed by atoms with Gasteiger partial charge in [0.1, 0.15) is 5.82 Å². The molecule has 18 heavy (non-hydrogen) atoms. The van der Waals surface area contributed by atoms with E-state index in [-0.39, 0.29) is 0 Å². The van der Waals surface area contributed by atoms with Gasteiger partial charge in [-0.15, -0.1) is 0 Å². The molecule has 0 spiro atoms. The normalized spacial score (nSPS) is 10.7. The van der Waals surface area contributed by atoms with Gasteiger partial charge in [-0.2, -0.15) is 0 Å². The van der Waals surface area contributed by atoms with E-state index < -0.39 is 0 Å². The van der Waals surface area contributed by atoms with Gasteiger partial charge in [0, 0.05) is 35.9 Å². The lowest BCUT2D eigenvalue weighted by atomic mass is 10.2. The lowest BCUT2D eigenvalue weighted by Crippen LogP contribution is -2.27. The number of nitrogens with zero attached hydrogens (tertiary/aromatic N) is 2. The molecule has 0 aliphatic carbocycles. The molecule has 1 aromatic rings. The maximum Gasteiger partial charge on any atom is 0.133 e. The predicted molar refractivity (Wildman–Crippen MR) is 82.1 cm³/mol. The first-order chi connectivity index (χ1) is 8.72. The molecule has 0 fully saturated rings. The molecule has 3 nitrogen and oxygen atoms in total. The highest BCUT2D eigenvalue weighted by Gasteiger charge is 2.11. The predicted octanol–water partition coefficient (Wildman–Crippen LogP) is 3.58. The van der Waals surface area contributed by atoms with E-state index in [4.69, 9.17) is 0 Å². The SMILES string of the molecule is CCCCN(CC)c1ncc(Br)cc1CNCC. The van der Waals surface area contributed by atoms with E-state index in [9.17, 15) is 0 Å². The molecule has 0 bridgehead atoms. The molecule has 0 aliphatic heterocycles. The van der Waals surface area contributed by atoms with Crippen LogP contribution in [0.15, 0.2) is 16.7 Å². The van der Waals surface area contributed by atoms with Crippen LogP contribution in [0.3, 0.4) is 0 Å². The number of hydrogen-bond acceptors (Lipinski definition) is 3. The summed E-state index contributed by atoms with van der Waals surface area (Å²) >= 11 is 3.50. The Morgan fingerprint density at radius 1 is 1.33 bits per heavy atom. The van der Waals surface area contributed by atoms with Crippen molar-refractivity contribution in [3.63, 3.8) is 0 Å². The summed E-state index contributed by atoms with van der Waals surface area (Å²) in [5.41, 5.74) is 1.27. The molecule has 0 radical (unpaired) electrons. The smallest absolute Gasteiger partial charge is 0.133 e. The van der Waals surface area contributed by atoms with Crippen molar-refractivity contribution >= 4 is 21.7 Å². The molecule has 0 unspecified atom stereocenters. The molecule has 0 aliphatic rings. The molecule has 1 N–H and O–H groups in total. The Bertz CT molecular complexity index is 355. The first-order valence-electron chi connectivity index (χ1n) is 6.82. The van der Waals surface area contributed by atoms with E-state index in [1.54, 1.807) is 0 Å². The van der Waals surface area contributed by atoms with E-state index in [2.05, 4.69) is 58.0 Å². The van der Waals surface area contributed by atoms with Crippen molar-refractivity contribution in [2.45, 2.75) is 40.2 Å². The molecule has 0 aromatic carbocycles. The second-order valence-electron chi connectivity index (χ2n) is 4.35. The zero-order valence-electron chi connectivity index (χ0n) is 11.7. The number of halogens is 1. The first kappa shape index (κ1) is 15.4. The van der Waals surface area contributed by atoms with Crippen LogP contribution in [0.5, 0.6) is 0 Å². The van der Waals surface area contributed by atoms with E-state index >= 15 is 0 Å². The van der Waals surface area contributed by atoms with E-state index in [1.165, 1.54) is 18.4 Å². The molecular weight excluding hydrogens is 290 g/mol. The second-order valence-corrected chi connectivity index (χ2v) is 5.27. The Labute approximate surface area is 119 Å². The summed E-state index contributed by atoms with van der Waals surface area (Å²) in [6.45, 7) is 10.5. The highest BCUT2D eigenvalue weighted by Crippen LogP contribution is 2.22. The zero-order chi connectivity index (χ0) is 13.4. The standard InChI is InChI=1S/C14H24BrN3/c1-4-7-8-18(6-3)14-12(10-16-5-2)9-13(15)11-17-14/h9,11,16H,4-8,10H2,1-3H3. The fourth-order valence-electron chi connectivity index (χ4n) is 1.91. The number of nitrogens with one attached hydrogen (secondary N) is 1. The first-order valence-corrected chi connectivity index (χ1v) is 7.62. The molecular formula is C14H24BrN3. The van der Waals surface area contributed by atoms with Crippen molar-refractivity contribution in [2.24, 2.45) is 0 Å². The van der Waals surface area contributed by atoms with Crippen molar-refractivity contribution in [2.75, 3.05) is 24.5 Å². The van der Waals surface area contributed by atoms with Gasteiger partial charge in [0.05, 0.1) is 0 Å². The number of aromatic nitrogens is 1. The number of pyridine rings is 1. The number of unbranched alkanes of at least 4 members (excludes halogenated alkanes) is 1. The fourth-order valence-corrected chi connectivity index (χ4v) is 2.29. The molecule has 0 saturated heterocycles. The van der Waals surface area contributed by atoms with Crippen LogP contribution in [-0.4, -0.2) is 24.6 Å². The highest BCUT2D eigenvalue weighted by atomic mass is 79.9. The van der Waals surface area contributed by atoms with Crippen LogP contribution in [0.1, 0.15) is 39.2 Å². The van der Waals surface area contributed by atoms with E-state index in [1.807, 2.05) is 6.20 Å². The van der Waals surface area contributed by atoms with Gasteiger partial charge in [-0.05, 0) is 41.9 Å². The minimum absolute atomic E-state index is 0.876. The third-order valence-electron chi connectivity index (χ3n) is 2.94. The molecule has 1 heterocycles. The lowest BCUT2D eigenvalue weighted by molar-refractivity contribution is 0.695. The number of hydrogen-bond donors (Lipinski definition) is 1. The van der Waals surface area contributed by atoms with Gasteiger partial charge in [-0.25, -0.2) is 4.98 Å². The minimum atomic E-state index is 0.876. The van der Waals surface area contributed by atoms with Crippen molar-refractivity contribution in [3.8, 4) is 0 Å². The molecule has 0 atom stereocenters. The summed E-state index contributed by atoms with van der Waals surface area (Å²) < 4.78 is 1.05. The van der Waals surface area contributed by atoms with Gasteiger partial charge in [0.15, 0.2) is 0 Å². The van der Waals surface area contributed by atoms with Gasteiger partial charge in [0.25, 0.3) is 0 Å². The molecule has 0 saturated carbocycles. The molecule has 102 valence electrons. The van der Waals surface area contributed by atoms with Crippen molar-refractivity contribution in [3.05, 3.63) is 22.3 Å². The van der Waals surface area contributed by atoms with Gasteiger partial charge in [-0.1, -0.05) is 20.3 Å². The van der Waals surface area contributed by atoms with Crippen LogP contribution in [0.2, 0.25) is 0 Å². The second kappa shape index (κ2) is 8.48. The summed E-state index contributed by atoms with van der Waals surface area (Å²) in [4.78, 5) is 6.96. The molecule has 1 rings (SSSR count). The molecule has 0 amide bonds. The van der Waals surface area contributed by atoms with E-state index in [0.29, 0.717) is 0 Å². The summed E-state index contributed by atoms with van der Waals surface area (Å²) in [6, 6.07) is 2.17. The largest absolute Gasteiger partial charge is 0.357 e. The molecule has 1 aromatic heterocycles. The third kappa shape index (κ3) is 4.58. The Morgan fingerprint density at radius 2 is 2.11 bits per heavy atom. The summed E-state index contributed by atoms with van der Waals surface area (Å²) in [6.07, 6.45) is 4.32. The maximum absolute atomic E-state index is 4.59. The average molecular weight is 314 g/mol. The van der Waals surface area contributed by atoms with Crippen LogP contribution in [0.4, 0.5) is 5.82 Å². The van der Waals surface area contributed by atoms with Crippen LogP contribution < -0.4 is 10.2 Å². The van der Waals surface area contributed by atoms with Gasteiger partial charge in [-0.3, -0.25) is 0 Å². The van der Waals surface area contributed by atoms with Crippen molar-refractivity contribution < 1.29 is 0 Å². The average Bonchev–Trinajstić information content (AvgIpc) is 2.38. The summed E-state index contributed by atoms with van der Waals surface area (Å²) in [7, 11) is 0. The summed E-state index contributed by atoms with van der Waals surface area (Å²) in [5, 5.41) is 3.38. The Balaban J connectivity index is 2.89. The molecule has 4 heteroatoms. The van der Waals surface area contributed by atoms with Crippen molar-refractivity contribution in [1.29, 1.82) is 0 Å². The minimum Gasteiger partial charge on any atom is -0.357 e. The van der Waals surface area contributed by atoms with Gasteiger partial charge in [0.2, 0.25) is 0 Å². The fraction of sp³-hybridized carbons (Fsp3) is 0.643. The van der Waals surface area contributed by atoms with Crippen LogP contribution >= 0.6 is 15.9 Å². The summed E-state index contributed by atoms with van der Waals surface area (Å²) in [5.74, 6) is 1.12. The van der Waals surface area contributed by atoms with Crippen molar-refractivity contribution in [1.82, 2.24) is 10.3 Å². The topological polar surface area (TPSA) is 28.2 Å². The quantitative estimate of drug-likeness (QED) is 0.795. The third-order valence-corrected chi connectivity index (χ3v) is 3.37. The van der Waals surface area contributed by atoms with Crippen LogP contribution in [-0.2, 0) is 6.54 Å². The Morgan fingerprint density at radius 3 is 2.72 bits per heavy atom. The zero-order valence-corrected chi connectivity index (χ0v) is 13.3. The van der Waals surface area contributed by atoms with Crippen LogP contribution in [0.25, 0.3) is 0 Å². The van der Waals surface area contributed by atoms with E-state index in [0.717, 1.165) is 36.5 Å². The Hall–Kier alpha value is -0.610. The highest BCUT2D eigenvalue weighted by molar-refractivity contribution is 9.10. The van der Waals surface area contributed by atoms with Gasteiger partial charge >= 0.3 is 0 Å². The lowest BCUT2D eigenvalue weighted by Gasteiger charge is -2.24. The van der Waals surface area contributed by atoms with Crippen LogP contribution in [0, 0.1) is 0 Å². The van der Waals surface area contributed by atoms with Gasteiger partial charge < -0.3 is 10.2 Å². The number of rotatable bonds is 8.